The number of rotatable bonds is 4. The van der Waals surface area contributed by atoms with Gasteiger partial charge in [0.05, 0.1) is 5.69 Å². The van der Waals surface area contributed by atoms with Crippen LogP contribution in [0, 0.1) is 13.8 Å². The minimum atomic E-state index is -0.0631. The van der Waals surface area contributed by atoms with Gasteiger partial charge in [0.25, 0.3) is 5.56 Å². The maximum atomic E-state index is 12.3. The Morgan fingerprint density at radius 3 is 2.77 bits per heavy atom. The summed E-state index contributed by atoms with van der Waals surface area (Å²) in [6, 6.07) is 3.59. The van der Waals surface area contributed by atoms with Crippen LogP contribution in [0.3, 0.4) is 0 Å². The molecule has 0 aliphatic heterocycles. The van der Waals surface area contributed by atoms with E-state index in [9.17, 15) is 4.79 Å². The van der Waals surface area contributed by atoms with Crippen molar-refractivity contribution in [2.24, 2.45) is 0 Å². The number of aromatic amines is 1. The van der Waals surface area contributed by atoms with Crippen molar-refractivity contribution >= 4 is 5.65 Å². The largest absolute Gasteiger partial charge is 0.294 e. The molecule has 3 aromatic rings. The number of hydrogen-bond donors (Lipinski definition) is 1. The smallest absolute Gasteiger partial charge is 0.272 e. The third-order valence-electron chi connectivity index (χ3n) is 4.17. The van der Waals surface area contributed by atoms with E-state index >= 15 is 0 Å². The molecule has 3 heterocycles. The van der Waals surface area contributed by atoms with E-state index in [1.807, 2.05) is 24.6 Å². The van der Waals surface area contributed by atoms with Crippen molar-refractivity contribution < 1.29 is 0 Å². The van der Waals surface area contributed by atoms with Crippen LogP contribution >= 0.6 is 0 Å². The van der Waals surface area contributed by atoms with E-state index in [4.69, 9.17) is 4.98 Å². The lowest BCUT2D eigenvalue weighted by Crippen LogP contribution is -2.18. The molecule has 1 N–H and O–H groups in total. The van der Waals surface area contributed by atoms with Gasteiger partial charge in [-0.15, -0.1) is 0 Å². The minimum Gasteiger partial charge on any atom is -0.294 e. The van der Waals surface area contributed by atoms with Crippen molar-refractivity contribution in [1.82, 2.24) is 24.4 Å². The maximum Gasteiger partial charge on any atom is 0.272 e. The Balaban J connectivity index is 2.04. The molecule has 0 aromatic carbocycles. The first-order valence-corrected chi connectivity index (χ1v) is 7.60. The normalized spacial score (nSPS) is 12.9. The molecule has 0 fully saturated rings. The number of aryl methyl sites for hydroxylation is 3. The molecule has 0 spiro atoms. The Morgan fingerprint density at radius 1 is 1.36 bits per heavy atom. The molecular weight excluding hydrogens is 278 g/mol. The summed E-state index contributed by atoms with van der Waals surface area (Å²) in [7, 11) is 0. The topological polar surface area (TPSA) is 68.0 Å². The average molecular weight is 299 g/mol. The number of nitrogens with zero attached hydrogens (tertiary/aromatic N) is 4. The van der Waals surface area contributed by atoms with Crippen LogP contribution in [0.1, 0.15) is 42.4 Å². The Morgan fingerprint density at radius 2 is 2.14 bits per heavy atom. The molecule has 0 saturated heterocycles. The Labute approximate surface area is 128 Å². The molecule has 0 saturated carbocycles. The van der Waals surface area contributed by atoms with Gasteiger partial charge in [-0.05, 0) is 26.3 Å². The molecular formula is C16H21N5O. The summed E-state index contributed by atoms with van der Waals surface area (Å²) in [5.74, 6) is 0.121. The van der Waals surface area contributed by atoms with Crippen LogP contribution in [0.15, 0.2) is 23.1 Å². The van der Waals surface area contributed by atoms with Gasteiger partial charge in [0.1, 0.15) is 0 Å². The molecule has 3 aromatic heterocycles. The van der Waals surface area contributed by atoms with Gasteiger partial charge in [0, 0.05) is 41.7 Å². The van der Waals surface area contributed by atoms with Crippen molar-refractivity contribution in [3.05, 3.63) is 51.3 Å². The van der Waals surface area contributed by atoms with Gasteiger partial charge >= 0.3 is 0 Å². The number of nitrogens with one attached hydrogen (secondary N) is 1. The van der Waals surface area contributed by atoms with E-state index in [-0.39, 0.29) is 11.5 Å². The summed E-state index contributed by atoms with van der Waals surface area (Å²) < 4.78 is 3.47. The molecule has 1 atom stereocenters. The van der Waals surface area contributed by atoms with Gasteiger partial charge in [-0.2, -0.15) is 5.10 Å². The summed E-state index contributed by atoms with van der Waals surface area (Å²) in [5.41, 5.74) is 4.70. The lowest BCUT2D eigenvalue weighted by molar-refractivity contribution is 0.523. The SMILES string of the molecule is CCc1c(C)[nH]n2c(=O)cc(C(C)Cn3nccc3C)nc12. The number of aromatic nitrogens is 5. The fraction of sp³-hybridized carbons (Fsp3) is 0.438. The zero-order chi connectivity index (χ0) is 15.9. The standard InChI is InChI=1S/C16H21N5O/c1-5-13-12(4)19-21-15(22)8-14(18-16(13)21)10(2)9-20-11(3)6-7-17-20/h6-8,10,19H,5,9H2,1-4H3. The van der Waals surface area contributed by atoms with Crippen LogP contribution in [0.4, 0.5) is 0 Å². The van der Waals surface area contributed by atoms with Crippen LogP contribution in [0.2, 0.25) is 0 Å². The van der Waals surface area contributed by atoms with Crippen molar-refractivity contribution in [3.8, 4) is 0 Å². The number of fused-ring (bicyclic) bond motifs is 1. The van der Waals surface area contributed by atoms with Gasteiger partial charge in [-0.1, -0.05) is 13.8 Å². The van der Waals surface area contributed by atoms with Crippen LogP contribution in [0.5, 0.6) is 0 Å². The second kappa shape index (κ2) is 5.44. The maximum absolute atomic E-state index is 12.3. The van der Waals surface area contributed by atoms with Gasteiger partial charge in [0.2, 0.25) is 0 Å². The number of H-pyrrole nitrogens is 1. The summed E-state index contributed by atoms with van der Waals surface area (Å²) >= 11 is 0. The molecule has 0 aliphatic rings. The first-order chi connectivity index (χ1) is 10.5. The van der Waals surface area contributed by atoms with Crippen LogP contribution in [0.25, 0.3) is 5.65 Å². The lowest BCUT2D eigenvalue weighted by Gasteiger charge is -2.12. The van der Waals surface area contributed by atoms with Gasteiger partial charge < -0.3 is 0 Å². The fourth-order valence-electron chi connectivity index (χ4n) is 2.83. The minimum absolute atomic E-state index is 0.0631. The number of hydrogen-bond acceptors (Lipinski definition) is 3. The van der Waals surface area contributed by atoms with Crippen molar-refractivity contribution in [2.75, 3.05) is 0 Å². The van der Waals surface area contributed by atoms with Crippen LogP contribution in [-0.2, 0) is 13.0 Å². The van der Waals surface area contributed by atoms with E-state index in [0.29, 0.717) is 6.54 Å². The highest BCUT2D eigenvalue weighted by molar-refractivity contribution is 5.50. The summed E-state index contributed by atoms with van der Waals surface area (Å²) in [4.78, 5) is 17.1. The zero-order valence-corrected chi connectivity index (χ0v) is 13.4. The van der Waals surface area contributed by atoms with Crippen LogP contribution in [-0.4, -0.2) is 24.4 Å². The Kier molecular flexibility index (Phi) is 3.60. The third kappa shape index (κ3) is 2.34. The summed E-state index contributed by atoms with van der Waals surface area (Å²) in [6.45, 7) is 8.86. The Hall–Kier alpha value is -2.37. The van der Waals surface area contributed by atoms with E-state index in [1.165, 1.54) is 4.52 Å². The van der Waals surface area contributed by atoms with E-state index < -0.39 is 0 Å². The van der Waals surface area contributed by atoms with E-state index in [0.717, 1.165) is 34.7 Å². The highest BCUT2D eigenvalue weighted by Crippen LogP contribution is 2.18. The zero-order valence-electron chi connectivity index (χ0n) is 13.4. The lowest BCUT2D eigenvalue weighted by atomic mass is 10.1. The first-order valence-electron chi connectivity index (χ1n) is 7.60. The van der Waals surface area contributed by atoms with E-state index in [1.54, 1.807) is 12.3 Å². The second-order valence-corrected chi connectivity index (χ2v) is 5.80. The molecule has 3 rings (SSSR count). The molecule has 6 nitrogen and oxygen atoms in total. The quantitative estimate of drug-likeness (QED) is 0.803. The summed E-state index contributed by atoms with van der Waals surface area (Å²) in [5, 5.41) is 7.39. The molecule has 22 heavy (non-hydrogen) atoms. The fourth-order valence-corrected chi connectivity index (χ4v) is 2.83. The average Bonchev–Trinajstić information content (AvgIpc) is 3.02. The molecule has 6 heteroatoms. The van der Waals surface area contributed by atoms with E-state index in [2.05, 4.69) is 24.0 Å². The van der Waals surface area contributed by atoms with Crippen LogP contribution < -0.4 is 5.56 Å². The second-order valence-electron chi connectivity index (χ2n) is 5.80. The third-order valence-corrected chi connectivity index (χ3v) is 4.17. The highest BCUT2D eigenvalue weighted by atomic mass is 16.1. The highest BCUT2D eigenvalue weighted by Gasteiger charge is 2.15. The predicted molar refractivity (Wildman–Crippen MR) is 85.3 cm³/mol. The molecule has 0 amide bonds. The van der Waals surface area contributed by atoms with Gasteiger partial charge in [-0.3, -0.25) is 14.6 Å². The Bertz CT molecular complexity index is 870. The molecule has 1 unspecified atom stereocenters. The molecule has 0 bridgehead atoms. The summed E-state index contributed by atoms with van der Waals surface area (Å²) in [6.07, 6.45) is 2.64. The van der Waals surface area contributed by atoms with Crippen molar-refractivity contribution in [1.29, 1.82) is 0 Å². The van der Waals surface area contributed by atoms with Gasteiger partial charge in [0.15, 0.2) is 5.65 Å². The molecule has 0 radical (unpaired) electrons. The molecule has 116 valence electrons. The first kappa shape index (κ1) is 14.6. The van der Waals surface area contributed by atoms with Crippen molar-refractivity contribution in [2.45, 2.75) is 46.6 Å². The molecule has 0 aliphatic carbocycles. The predicted octanol–water partition coefficient (Wildman–Crippen LogP) is 2.20. The van der Waals surface area contributed by atoms with Gasteiger partial charge in [-0.25, -0.2) is 9.50 Å². The van der Waals surface area contributed by atoms with Crippen molar-refractivity contribution in [3.63, 3.8) is 0 Å². The monoisotopic (exact) mass is 299 g/mol.